The molecule has 0 unspecified atom stereocenters. The highest BCUT2D eigenvalue weighted by atomic mass is 32.2. The van der Waals surface area contributed by atoms with Crippen LogP contribution in [0.15, 0.2) is 12.4 Å². The molecule has 0 bridgehead atoms. The van der Waals surface area contributed by atoms with Crippen LogP contribution in [0.25, 0.3) is 0 Å². The Labute approximate surface area is 108 Å². The summed E-state index contributed by atoms with van der Waals surface area (Å²) in [6.45, 7) is 4.59. The van der Waals surface area contributed by atoms with Crippen LogP contribution in [0.2, 0.25) is 0 Å². The lowest BCUT2D eigenvalue weighted by atomic mass is 10.4. The molecule has 1 heterocycles. The first-order chi connectivity index (χ1) is 8.53. The molecule has 0 radical (unpaired) electrons. The highest BCUT2D eigenvalue weighted by molar-refractivity contribution is 7.90. The Hall–Kier alpha value is -1.08. The van der Waals surface area contributed by atoms with Crippen LogP contribution in [0.3, 0.4) is 0 Å². The molecule has 0 aliphatic rings. The second-order valence-electron chi connectivity index (χ2n) is 4.05. The van der Waals surface area contributed by atoms with Gasteiger partial charge in [-0.25, -0.2) is 13.4 Å². The lowest BCUT2D eigenvalue weighted by molar-refractivity contribution is 0.147. The molecule has 0 saturated carbocycles. The zero-order valence-corrected chi connectivity index (χ0v) is 11.7. The van der Waals surface area contributed by atoms with Crippen molar-refractivity contribution in [3.8, 4) is 0 Å². The van der Waals surface area contributed by atoms with Crippen molar-refractivity contribution < 1.29 is 13.2 Å². The second-order valence-corrected chi connectivity index (χ2v) is 6.31. The molecule has 0 fully saturated rings. The van der Waals surface area contributed by atoms with E-state index in [9.17, 15) is 8.42 Å². The number of rotatable bonds is 9. The summed E-state index contributed by atoms with van der Waals surface area (Å²) in [7, 11) is -2.95. The van der Waals surface area contributed by atoms with Gasteiger partial charge in [0, 0.05) is 45.0 Å². The van der Waals surface area contributed by atoms with Crippen LogP contribution >= 0.6 is 0 Å². The summed E-state index contributed by atoms with van der Waals surface area (Å²) in [5.74, 6) is 0.826. The van der Waals surface area contributed by atoms with Gasteiger partial charge in [-0.1, -0.05) is 0 Å². The van der Waals surface area contributed by atoms with Gasteiger partial charge in [0.25, 0.3) is 0 Å². The van der Waals surface area contributed by atoms with E-state index >= 15 is 0 Å². The summed E-state index contributed by atoms with van der Waals surface area (Å²) in [4.78, 5) is 4.15. The number of ether oxygens (including phenoxy) is 1. The summed E-state index contributed by atoms with van der Waals surface area (Å²) >= 11 is 0. The summed E-state index contributed by atoms with van der Waals surface area (Å²) in [5, 5.41) is 3.17. The SMILES string of the molecule is CCOCCCNc1nccn1CCS(C)(=O)=O. The average molecular weight is 275 g/mol. The van der Waals surface area contributed by atoms with Crippen molar-refractivity contribution in [2.24, 2.45) is 0 Å². The van der Waals surface area contributed by atoms with E-state index in [-0.39, 0.29) is 5.75 Å². The summed E-state index contributed by atoms with van der Waals surface area (Å²) in [5.41, 5.74) is 0. The fraction of sp³-hybridized carbons (Fsp3) is 0.727. The molecule has 0 saturated heterocycles. The van der Waals surface area contributed by atoms with Crippen LogP contribution in [0.5, 0.6) is 0 Å². The van der Waals surface area contributed by atoms with E-state index in [0.717, 1.165) is 19.6 Å². The Bertz CT molecular complexity index is 442. The molecule has 1 N–H and O–H groups in total. The predicted molar refractivity (Wildman–Crippen MR) is 71.5 cm³/mol. The van der Waals surface area contributed by atoms with Gasteiger partial charge in [0.05, 0.1) is 5.75 Å². The fourth-order valence-electron chi connectivity index (χ4n) is 1.44. The van der Waals surface area contributed by atoms with Crippen molar-refractivity contribution >= 4 is 15.8 Å². The fourth-order valence-corrected chi connectivity index (χ4v) is 1.97. The van der Waals surface area contributed by atoms with Crippen LogP contribution < -0.4 is 5.32 Å². The number of hydrogen-bond donors (Lipinski definition) is 1. The van der Waals surface area contributed by atoms with Crippen molar-refractivity contribution in [2.45, 2.75) is 19.9 Å². The smallest absolute Gasteiger partial charge is 0.202 e. The molecule has 1 rings (SSSR count). The molecule has 0 spiro atoms. The number of hydrogen-bond acceptors (Lipinski definition) is 5. The Kier molecular flexibility index (Phi) is 6.14. The normalized spacial score (nSPS) is 11.7. The summed E-state index contributed by atoms with van der Waals surface area (Å²) in [6.07, 6.45) is 5.56. The third-order valence-corrected chi connectivity index (χ3v) is 3.30. The van der Waals surface area contributed by atoms with E-state index in [1.807, 2.05) is 11.5 Å². The zero-order valence-electron chi connectivity index (χ0n) is 10.9. The summed E-state index contributed by atoms with van der Waals surface area (Å²) < 4.78 is 29.2. The van der Waals surface area contributed by atoms with Gasteiger partial charge in [-0.15, -0.1) is 0 Å². The third kappa shape index (κ3) is 6.02. The number of nitrogens with one attached hydrogen (secondary N) is 1. The number of imidazole rings is 1. The minimum atomic E-state index is -2.95. The van der Waals surface area contributed by atoms with Gasteiger partial charge in [-0.05, 0) is 13.3 Å². The maximum Gasteiger partial charge on any atom is 0.202 e. The second kappa shape index (κ2) is 7.38. The minimum absolute atomic E-state index is 0.122. The van der Waals surface area contributed by atoms with Crippen molar-refractivity contribution in [3.63, 3.8) is 0 Å². The Morgan fingerprint density at radius 1 is 1.50 bits per heavy atom. The van der Waals surface area contributed by atoms with E-state index in [1.54, 1.807) is 12.4 Å². The third-order valence-electron chi connectivity index (χ3n) is 2.37. The van der Waals surface area contributed by atoms with E-state index in [2.05, 4.69) is 10.3 Å². The van der Waals surface area contributed by atoms with Crippen LogP contribution in [-0.4, -0.2) is 49.7 Å². The van der Waals surface area contributed by atoms with Crippen LogP contribution in [-0.2, 0) is 21.1 Å². The topological polar surface area (TPSA) is 73.2 Å². The lowest BCUT2D eigenvalue weighted by Gasteiger charge is -2.09. The molecular formula is C11H21N3O3S. The molecule has 1 aromatic rings. The number of aryl methyl sites for hydroxylation is 1. The quantitative estimate of drug-likeness (QED) is 0.674. The number of anilines is 1. The molecule has 6 nitrogen and oxygen atoms in total. The predicted octanol–water partition coefficient (Wildman–Crippen LogP) is 0.766. The first-order valence-electron chi connectivity index (χ1n) is 6.03. The molecule has 18 heavy (non-hydrogen) atoms. The molecule has 7 heteroatoms. The highest BCUT2D eigenvalue weighted by Gasteiger charge is 2.06. The Balaban J connectivity index is 2.35. The van der Waals surface area contributed by atoms with Crippen molar-refractivity contribution in [1.29, 1.82) is 0 Å². The Morgan fingerprint density at radius 3 is 2.94 bits per heavy atom. The minimum Gasteiger partial charge on any atom is -0.382 e. The maximum atomic E-state index is 11.1. The van der Waals surface area contributed by atoms with E-state index in [4.69, 9.17) is 4.74 Å². The molecule has 0 atom stereocenters. The van der Waals surface area contributed by atoms with Gasteiger partial charge in [-0.2, -0.15) is 0 Å². The molecule has 0 aliphatic carbocycles. The van der Waals surface area contributed by atoms with Crippen molar-refractivity contribution in [2.75, 3.05) is 37.1 Å². The highest BCUT2D eigenvalue weighted by Crippen LogP contribution is 2.04. The van der Waals surface area contributed by atoms with E-state index in [1.165, 1.54) is 6.26 Å². The van der Waals surface area contributed by atoms with Gasteiger partial charge in [0.1, 0.15) is 9.84 Å². The molecular weight excluding hydrogens is 254 g/mol. The lowest BCUT2D eigenvalue weighted by Crippen LogP contribution is -2.15. The number of sulfone groups is 1. The molecule has 0 aromatic carbocycles. The molecule has 1 aromatic heterocycles. The molecule has 0 aliphatic heterocycles. The molecule has 104 valence electrons. The Morgan fingerprint density at radius 2 is 2.28 bits per heavy atom. The van der Waals surface area contributed by atoms with Crippen LogP contribution in [0.4, 0.5) is 5.95 Å². The standard InChI is InChI=1S/C11H21N3O3S/c1-3-17-9-4-5-12-11-13-6-7-14(11)8-10-18(2,15)16/h6-7H,3-5,8-10H2,1-2H3,(H,12,13). The van der Waals surface area contributed by atoms with Crippen molar-refractivity contribution in [1.82, 2.24) is 9.55 Å². The van der Waals surface area contributed by atoms with E-state index in [0.29, 0.717) is 19.1 Å². The van der Waals surface area contributed by atoms with Gasteiger partial charge in [0.15, 0.2) is 0 Å². The number of aromatic nitrogens is 2. The summed E-state index contributed by atoms with van der Waals surface area (Å²) in [6, 6.07) is 0. The van der Waals surface area contributed by atoms with Gasteiger partial charge >= 0.3 is 0 Å². The largest absolute Gasteiger partial charge is 0.382 e. The van der Waals surface area contributed by atoms with Crippen LogP contribution in [0.1, 0.15) is 13.3 Å². The molecule has 0 amide bonds. The number of nitrogens with zero attached hydrogens (tertiary/aromatic N) is 2. The van der Waals surface area contributed by atoms with Gasteiger partial charge < -0.3 is 14.6 Å². The van der Waals surface area contributed by atoms with Gasteiger partial charge in [0.2, 0.25) is 5.95 Å². The van der Waals surface area contributed by atoms with Crippen molar-refractivity contribution in [3.05, 3.63) is 12.4 Å². The maximum absolute atomic E-state index is 11.1. The first kappa shape index (κ1) is 15.0. The van der Waals surface area contributed by atoms with Crippen LogP contribution in [0, 0.1) is 0 Å². The van der Waals surface area contributed by atoms with E-state index < -0.39 is 9.84 Å². The zero-order chi connectivity index (χ0) is 13.4. The first-order valence-corrected chi connectivity index (χ1v) is 8.09. The van der Waals surface area contributed by atoms with Gasteiger partial charge in [-0.3, -0.25) is 0 Å². The monoisotopic (exact) mass is 275 g/mol. The average Bonchev–Trinajstić information content (AvgIpc) is 2.73.